The van der Waals surface area contributed by atoms with Crippen LogP contribution in [0.15, 0.2) is 21.9 Å². The first-order valence-corrected chi connectivity index (χ1v) is 5.67. The van der Waals surface area contributed by atoms with E-state index in [1.165, 1.54) is 16.8 Å². The van der Waals surface area contributed by atoms with Crippen molar-refractivity contribution in [1.82, 2.24) is 14.5 Å². The average molecular weight is 239 g/mol. The Bertz CT molecular complexity index is 501. The second-order valence-corrected chi connectivity index (χ2v) is 3.67. The van der Waals surface area contributed by atoms with Gasteiger partial charge in [0.15, 0.2) is 0 Å². The molecule has 1 rings (SSSR count). The van der Waals surface area contributed by atoms with Gasteiger partial charge < -0.3 is 9.88 Å². The summed E-state index contributed by atoms with van der Waals surface area (Å²) < 4.78 is 2.38. The van der Waals surface area contributed by atoms with Gasteiger partial charge in [0.25, 0.3) is 5.56 Å². The first-order valence-electron chi connectivity index (χ1n) is 5.67. The summed E-state index contributed by atoms with van der Waals surface area (Å²) >= 11 is 0. The molecule has 0 saturated heterocycles. The van der Waals surface area contributed by atoms with Gasteiger partial charge in [0.2, 0.25) is 5.91 Å². The van der Waals surface area contributed by atoms with Crippen molar-refractivity contribution in [2.45, 2.75) is 33.4 Å². The van der Waals surface area contributed by atoms with Gasteiger partial charge in [0.1, 0.15) is 6.54 Å². The van der Waals surface area contributed by atoms with E-state index in [4.69, 9.17) is 0 Å². The highest BCUT2D eigenvalue weighted by molar-refractivity contribution is 5.75. The minimum atomic E-state index is -0.450. The molecule has 0 unspecified atom stereocenters. The fourth-order valence-corrected chi connectivity index (χ4v) is 1.51. The minimum absolute atomic E-state index is 0.226. The molecule has 0 radical (unpaired) electrons. The van der Waals surface area contributed by atoms with E-state index in [1.54, 1.807) is 6.92 Å². The highest BCUT2D eigenvalue weighted by atomic mass is 16.2. The first-order chi connectivity index (χ1) is 8.10. The number of nitrogens with one attached hydrogen (secondary N) is 1. The molecule has 1 aromatic rings. The molecule has 17 heavy (non-hydrogen) atoms. The standard InChI is InChI=1S/C11H17N3O3/c1-3-6-13-7-5-10(16)14(11(13)17)8-9(15)12-4-2/h5,7H,3-4,6,8H2,1-2H3,(H,12,15). The summed E-state index contributed by atoms with van der Waals surface area (Å²) in [5, 5.41) is 2.55. The van der Waals surface area contributed by atoms with Crippen LogP contribution in [0, 0.1) is 0 Å². The second-order valence-electron chi connectivity index (χ2n) is 3.67. The lowest BCUT2D eigenvalue weighted by Crippen LogP contribution is -2.43. The van der Waals surface area contributed by atoms with Crippen LogP contribution < -0.4 is 16.6 Å². The molecular weight excluding hydrogens is 222 g/mol. The number of carbonyl (C=O) groups excluding carboxylic acids is 1. The van der Waals surface area contributed by atoms with Crippen LogP contribution in [0.4, 0.5) is 0 Å². The largest absolute Gasteiger partial charge is 0.355 e. The molecule has 6 nitrogen and oxygen atoms in total. The minimum Gasteiger partial charge on any atom is -0.355 e. The van der Waals surface area contributed by atoms with E-state index in [0.717, 1.165) is 11.0 Å². The molecule has 0 aromatic carbocycles. The number of rotatable bonds is 5. The van der Waals surface area contributed by atoms with Crippen molar-refractivity contribution < 1.29 is 4.79 Å². The molecule has 0 saturated carbocycles. The summed E-state index contributed by atoms with van der Waals surface area (Å²) in [6.07, 6.45) is 2.25. The van der Waals surface area contributed by atoms with Crippen molar-refractivity contribution in [3.05, 3.63) is 33.1 Å². The average Bonchev–Trinajstić information content (AvgIpc) is 2.29. The predicted molar refractivity (Wildman–Crippen MR) is 63.9 cm³/mol. The first kappa shape index (κ1) is 13.2. The van der Waals surface area contributed by atoms with Crippen LogP contribution in [-0.4, -0.2) is 21.6 Å². The molecule has 0 aliphatic heterocycles. The maximum absolute atomic E-state index is 11.9. The maximum Gasteiger partial charge on any atom is 0.331 e. The Balaban J connectivity index is 3.06. The van der Waals surface area contributed by atoms with Gasteiger partial charge in [-0.15, -0.1) is 0 Å². The van der Waals surface area contributed by atoms with Crippen LogP contribution in [0.5, 0.6) is 0 Å². The monoisotopic (exact) mass is 239 g/mol. The Morgan fingerprint density at radius 3 is 2.65 bits per heavy atom. The van der Waals surface area contributed by atoms with Crippen molar-refractivity contribution in [2.24, 2.45) is 0 Å². The lowest BCUT2D eigenvalue weighted by Gasteiger charge is -2.08. The molecule has 0 aliphatic rings. The highest BCUT2D eigenvalue weighted by Crippen LogP contribution is 1.84. The van der Waals surface area contributed by atoms with Gasteiger partial charge >= 0.3 is 5.69 Å². The second kappa shape index (κ2) is 6.03. The van der Waals surface area contributed by atoms with Crippen LogP contribution in [0.3, 0.4) is 0 Å². The summed E-state index contributed by atoms with van der Waals surface area (Å²) in [6, 6.07) is 1.30. The van der Waals surface area contributed by atoms with Gasteiger partial charge in [-0.2, -0.15) is 0 Å². The van der Waals surface area contributed by atoms with Gasteiger partial charge in [-0.05, 0) is 13.3 Å². The third-order valence-electron chi connectivity index (χ3n) is 2.28. The number of aryl methyl sites for hydroxylation is 1. The SMILES string of the molecule is CCCn1ccc(=O)n(CC(=O)NCC)c1=O. The fourth-order valence-electron chi connectivity index (χ4n) is 1.51. The van der Waals surface area contributed by atoms with Crippen molar-refractivity contribution in [2.75, 3.05) is 6.54 Å². The zero-order chi connectivity index (χ0) is 12.8. The van der Waals surface area contributed by atoms with Crippen molar-refractivity contribution >= 4 is 5.91 Å². The molecule has 1 aromatic heterocycles. The molecule has 0 aliphatic carbocycles. The van der Waals surface area contributed by atoms with Gasteiger partial charge in [0.05, 0.1) is 0 Å². The van der Waals surface area contributed by atoms with Crippen LogP contribution in [0.25, 0.3) is 0 Å². The number of amides is 1. The molecule has 6 heteroatoms. The van der Waals surface area contributed by atoms with E-state index in [9.17, 15) is 14.4 Å². The van der Waals surface area contributed by atoms with Crippen LogP contribution in [-0.2, 0) is 17.9 Å². The highest BCUT2D eigenvalue weighted by Gasteiger charge is 2.08. The number of hydrogen-bond acceptors (Lipinski definition) is 3. The molecule has 1 amide bonds. The van der Waals surface area contributed by atoms with E-state index in [-0.39, 0.29) is 12.5 Å². The molecule has 1 heterocycles. The van der Waals surface area contributed by atoms with Gasteiger partial charge in [-0.3, -0.25) is 14.2 Å². The summed E-state index contributed by atoms with van der Waals surface area (Å²) in [4.78, 5) is 34.7. The molecule has 0 spiro atoms. The lowest BCUT2D eigenvalue weighted by molar-refractivity contribution is -0.121. The van der Waals surface area contributed by atoms with Crippen molar-refractivity contribution in [3.8, 4) is 0 Å². The lowest BCUT2D eigenvalue weighted by atomic mass is 10.4. The maximum atomic E-state index is 11.9. The Kier molecular flexibility index (Phi) is 4.68. The number of aromatic nitrogens is 2. The Labute approximate surface area is 98.9 Å². The summed E-state index contributed by atoms with van der Waals surface area (Å²) in [5.41, 5.74) is -0.890. The Hall–Kier alpha value is -1.85. The van der Waals surface area contributed by atoms with Crippen LogP contribution in [0.1, 0.15) is 20.3 Å². The number of likely N-dealkylation sites (N-methyl/N-ethyl adjacent to an activating group) is 1. The smallest absolute Gasteiger partial charge is 0.331 e. The predicted octanol–water partition coefficient (Wildman–Crippen LogP) is -0.444. The quantitative estimate of drug-likeness (QED) is 0.756. The molecule has 0 bridgehead atoms. The third kappa shape index (κ3) is 3.30. The Morgan fingerprint density at radius 2 is 2.06 bits per heavy atom. The molecular formula is C11H17N3O3. The fraction of sp³-hybridized carbons (Fsp3) is 0.545. The third-order valence-corrected chi connectivity index (χ3v) is 2.28. The summed E-state index contributed by atoms with van der Waals surface area (Å²) in [6.45, 7) is 4.50. The topological polar surface area (TPSA) is 73.1 Å². The molecule has 0 atom stereocenters. The van der Waals surface area contributed by atoms with E-state index in [1.807, 2.05) is 6.92 Å². The summed E-state index contributed by atoms with van der Waals surface area (Å²) in [7, 11) is 0. The van der Waals surface area contributed by atoms with Gasteiger partial charge in [-0.1, -0.05) is 6.92 Å². The molecule has 94 valence electrons. The number of hydrogen-bond donors (Lipinski definition) is 1. The van der Waals surface area contributed by atoms with E-state index < -0.39 is 11.2 Å². The van der Waals surface area contributed by atoms with Gasteiger partial charge in [-0.25, -0.2) is 4.79 Å². The van der Waals surface area contributed by atoms with E-state index in [0.29, 0.717) is 13.1 Å². The van der Waals surface area contributed by atoms with E-state index in [2.05, 4.69) is 5.32 Å². The zero-order valence-electron chi connectivity index (χ0n) is 10.1. The van der Waals surface area contributed by atoms with Crippen LogP contribution in [0.2, 0.25) is 0 Å². The van der Waals surface area contributed by atoms with Crippen LogP contribution >= 0.6 is 0 Å². The number of carbonyl (C=O) groups is 1. The van der Waals surface area contributed by atoms with Crippen molar-refractivity contribution in [1.29, 1.82) is 0 Å². The zero-order valence-corrected chi connectivity index (χ0v) is 10.1. The molecule has 0 fully saturated rings. The van der Waals surface area contributed by atoms with Crippen molar-refractivity contribution in [3.63, 3.8) is 0 Å². The van der Waals surface area contributed by atoms with Gasteiger partial charge in [0, 0.05) is 25.4 Å². The molecule has 1 N–H and O–H groups in total. The number of nitrogens with zero attached hydrogens (tertiary/aromatic N) is 2. The van der Waals surface area contributed by atoms with E-state index >= 15 is 0 Å². The normalized spacial score (nSPS) is 10.2. The Morgan fingerprint density at radius 1 is 1.35 bits per heavy atom. The summed E-state index contributed by atoms with van der Waals surface area (Å²) in [5.74, 6) is -0.332.